The van der Waals surface area contributed by atoms with Gasteiger partial charge in [0.2, 0.25) is 5.91 Å². The molecule has 0 spiro atoms. The van der Waals surface area contributed by atoms with Crippen molar-refractivity contribution in [3.63, 3.8) is 0 Å². The molecule has 3 heterocycles. The molecule has 1 amide bonds. The minimum Gasteiger partial charge on any atom is -0.340 e. The molecule has 3 rings (SSSR count). The van der Waals surface area contributed by atoms with Crippen molar-refractivity contribution in [2.75, 3.05) is 39.3 Å². The molecule has 1 unspecified atom stereocenters. The van der Waals surface area contributed by atoms with Crippen LogP contribution in [0.4, 0.5) is 0 Å². The van der Waals surface area contributed by atoms with E-state index in [0.717, 1.165) is 39.3 Å². The Bertz CT molecular complexity index is 490. The Labute approximate surface area is 150 Å². The van der Waals surface area contributed by atoms with Crippen molar-refractivity contribution in [2.45, 2.75) is 25.3 Å². The maximum Gasteiger partial charge on any atom is 0.223 e. The number of carbonyl (C=O) groups excluding carboxylic acids is 1. The lowest BCUT2D eigenvalue weighted by atomic mass is 10.1. The fourth-order valence-electron chi connectivity index (χ4n) is 3.40. The zero-order chi connectivity index (χ0) is 14.7. The summed E-state index contributed by atoms with van der Waals surface area (Å²) in [6, 6.07) is 0.439. The Balaban J connectivity index is 0.00000132. The summed E-state index contributed by atoms with van der Waals surface area (Å²) in [6.45, 7) is 5.51. The summed E-state index contributed by atoms with van der Waals surface area (Å²) in [7, 11) is 1.96. The van der Waals surface area contributed by atoms with Crippen molar-refractivity contribution in [3.05, 3.63) is 18.0 Å². The van der Waals surface area contributed by atoms with E-state index < -0.39 is 0 Å². The Morgan fingerprint density at radius 1 is 1.30 bits per heavy atom. The fourth-order valence-corrected chi connectivity index (χ4v) is 3.40. The number of nitrogens with one attached hydrogen (secondary N) is 1. The van der Waals surface area contributed by atoms with E-state index in [1.807, 2.05) is 22.8 Å². The van der Waals surface area contributed by atoms with E-state index in [1.54, 1.807) is 0 Å². The summed E-state index contributed by atoms with van der Waals surface area (Å²) in [5, 5.41) is 7.56. The number of piperazine rings is 1. The van der Waals surface area contributed by atoms with Crippen molar-refractivity contribution >= 4 is 30.7 Å². The number of halogens is 2. The minimum atomic E-state index is 0. The second-order valence-electron chi connectivity index (χ2n) is 6.02. The van der Waals surface area contributed by atoms with E-state index in [-0.39, 0.29) is 24.8 Å². The molecule has 23 heavy (non-hydrogen) atoms. The summed E-state index contributed by atoms with van der Waals surface area (Å²) in [5.41, 5.74) is 1.28. The lowest BCUT2D eigenvalue weighted by Gasteiger charge is -2.29. The average molecular weight is 364 g/mol. The van der Waals surface area contributed by atoms with Gasteiger partial charge in [0.05, 0.1) is 6.20 Å². The number of carbonyl (C=O) groups is 1. The molecule has 1 aromatic rings. The zero-order valence-electron chi connectivity index (χ0n) is 13.6. The highest BCUT2D eigenvalue weighted by molar-refractivity contribution is 5.85. The SMILES string of the molecule is Cl.Cl.Cn1cc(C2CCCN2CCC(=O)N2CCNCC2)cn1. The highest BCUT2D eigenvalue weighted by Gasteiger charge is 2.27. The molecule has 132 valence electrons. The molecule has 0 saturated carbocycles. The van der Waals surface area contributed by atoms with E-state index in [0.29, 0.717) is 18.4 Å². The summed E-state index contributed by atoms with van der Waals surface area (Å²) < 4.78 is 1.86. The van der Waals surface area contributed by atoms with Gasteiger partial charge in [0.15, 0.2) is 0 Å². The Morgan fingerprint density at radius 3 is 2.70 bits per heavy atom. The van der Waals surface area contributed by atoms with E-state index >= 15 is 0 Å². The normalized spacial score (nSPS) is 21.6. The smallest absolute Gasteiger partial charge is 0.223 e. The van der Waals surface area contributed by atoms with Crippen LogP contribution in [0.2, 0.25) is 0 Å². The standard InChI is InChI=1S/C15H25N5O.2ClH/c1-18-12-13(11-17-18)14-3-2-7-19(14)8-4-15(21)20-9-5-16-6-10-20;;/h11-12,14,16H,2-10H2,1H3;2*1H. The Kier molecular flexibility index (Phi) is 8.33. The number of rotatable bonds is 4. The fraction of sp³-hybridized carbons (Fsp3) is 0.733. The van der Waals surface area contributed by atoms with Crippen molar-refractivity contribution in [1.29, 1.82) is 0 Å². The summed E-state index contributed by atoms with van der Waals surface area (Å²) in [6.07, 6.45) is 7.08. The molecule has 0 radical (unpaired) electrons. The number of nitrogens with zero attached hydrogens (tertiary/aromatic N) is 4. The van der Waals surface area contributed by atoms with Gasteiger partial charge in [-0.05, 0) is 19.4 Å². The van der Waals surface area contributed by atoms with Crippen LogP contribution in [0.3, 0.4) is 0 Å². The molecule has 6 nitrogen and oxygen atoms in total. The van der Waals surface area contributed by atoms with Crippen molar-refractivity contribution in [3.8, 4) is 0 Å². The summed E-state index contributed by atoms with van der Waals surface area (Å²) in [5.74, 6) is 0.299. The second-order valence-corrected chi connectivity index (χ2v) is 6.02. The lowest BCUT2D eigenvalue weighted by Crippen LogP contribution is -2.47. The number of hydrogen-bond acceptors (Lipinski definition) is 4. The third-order valence-corrected chi connectivity index (χ3v) is 4.56. The maximum absolute atomic E-state index is 12.3. The van der Waals surface area contributed by atoms with Crippen LogP contribution >= 0.6 is 24.8 Å². The van der Waals surface area contributed by atoms with E-state index in [9.17, 15) is 4.79 Å². The van der Waals surface area contributed by atoms with Gasteiger partial charge < -0.3 is 10.2 Å². The van der Waals surface area contributed by atoms with Gasteiger partial charge in [-0.25, -0.2) is 0 Å². The molecule has 1 aromatic heterocycles. The van der Waals surface area contributed by atoms with Gasteiger partial charge in [-0.3, -0.25) is 14.4 Å². The number of hydrogen-bond donors (Lipinski definition) is 1. The average Bonchev–Trinajstić information content (AvgIpc) is 3.14. The molecule has 2 aliphatic rings. The van der Waals surface area contributed by atoms with Gasteiger partial charge in [0, 0.05) is 64.0 Å². The van der Waals surface area contributed by atoms with Gasteiger partial charge in [0.1, 0.15) is 0 Å². The van der Waals surface area contributed by atoms with Crippen molar-refractivity contribution in [1.82, 2.24) is 24.9 Å². The molecule has 2 saturated heterocycles. The van der Waals surface area contributed by atoms with Gasteiger partial charge in [0.25, 0.3) is 0 Å². The molecule has 8 heteroatoms. The van der Waals surface area contributed by atoms with Gasteiger partial charge in [-0.1, -0.05) is 0 Å². The van der Waals surface area contributed by atoms with Gasteiger partial charge in [-0.2, -0.15) is 5.10 Å². The van der Waals surface area contributed by atoms with Crippen LogP contribution in [0.5, 0.6) is 0 Å². The third-order valence-electron chi connectivity index (χ3n) is 4.56. The first kappa shape index (κ1) is 20.2. The number of aryl methyl sites for hydroxylation is 1. The summed E-state index contributed by atoms with van der Waals surface area (Å²) >= 11 is 0. The van der Waals surface area contributed by atoms with E-state index in [4.69, 9.17) is 0 Å². The largest absolute Gasteiger partial charge is 0.340 e. The highest BCUT2D eigenvalue weighted by atomic mass is 35.5. The molecule has 2 aliphatic heterocycles. The summed E-state index contributed by atoms with van der Waals surface area (Å²) in [4.78, 5) is 16.7. The quantitative estimate of drug-likeness (QED) is 0.873. The number of aromatic nitrogens is 2. The molecule has 1 N–H and O–H groups in total. The predicted octanol–water partition coefficient (Wildman–Crippen LogP) is 1.22. The molecule has 0 bridgehead atoms. The van der Waals surface area contributed by atoms with Crippen LogP contribution in [-0.4, -0.2) is 64.8 Å². The van der Waals surface area contributed by atoms with Crippen LogP contribution in [0, 0.1) is 0 Å². The monoisotopic (exact) mass is 363 g/mol. The number of amides is 1. The first-order chi connectivity index (χ1) is 10.2. The maximum atomic E-state index is 12.3. The van der Waals surface area contributed by atoms with Crippen LogP contribution < -0.4 is 5.32 Å². The molecular weight excluding hydrogens is 337 g/mol. The van der Waals surface area contributed by atoms with Crippen LogP contribution in [0.15, 0.2) is 12.4 Å². The van der Waals surface area contributed by atoms with Crippen molar-refractivity contribution in [2.24, 2.45) is 7.05 Å². The highest BCUT2D eigenvalue weighted by Crippen LogP contribution is 2.31. The molecule has 2 fully saturated rings. The van der Waals surface area contributed by atoms with Crippen LogP contribution in [0.25, 0.3) is 0 Å². The molecule has 0 aromatic carbocycles. The zero-order valence-corrected chi connectivity index (χ0v) is 15.2. The van der Waals surface area contributed by atoms with Crippen LogP contribution in [-0.2, 0) is 11.8 Å². The first-order valence-corrected chi connectivity index (χ1v) is 7.95. The van der Waals surface area contributed by atoms with Crippen molar-refractivity contribution < 1.29 is 4.79 Å². The van der Waals surface area contributed by atoms with E-state index in [1.165, 1.54) is 18.4 Å². The van der Waals surface area contributed by atoms with Gasteiger partial charge in [-0.15, -0.1) is 24.8 Å². The molecular formula is C15H27Cl2N5O. The lowest BCUT2D eigenvalue weighted by molar-refractivity contribution is -0.132. The Morgan fingerprint density at radius 2 is 2.04 bits per heavy atom. The van der Waals surface area contributed by atoms with E-state index in [2.05, 4.69) is 21.5 Å². The predicted molar refractivity (Wildman–Crippen MR) is 95.3 cm³/mol. The molecule has 0 aliphatic carbocycles. The minimum absolute atomic E-state index is 0. The molecule has 1 atom stereocenters. The Hall–Kier alpha value is -0.820. The third kappa shape index (κ3) is 5.08. The second kappa shape index (κ2) is 9.47. The number of likely N-dealkylation sites (tertiary alicyclic amines) is 1. The first-order valence-electron chi connectivity index (χ1n) is 7.95. The topological polar surface area (TPSA) is 53.4 Å². The van der Waals surface area contributed by atoms with Crippen LogP contribution in [0.1, 0.15) is 30.9 Å². The van der Waals surface area contributed by atoms with Gasteiger partial charge >= 0.3 is 0 Å².